The van der Waals surface area contributed by atoms with E-state index in [1.54, 1.807) is 29.2 Å². The number of carbonyl (C=O) groups is 3. The van der Waals surface area contributed by atoms with Crippen LogP contribution in [0.2, 0.25) is 0 Å². The smallest absolute Gasteiger partial charge is 0.312 e. The minimum Gasteiger partial charge on any atom is -0.489 e. The Morgan fingerprint density at radius 1 is 0.939 bits per heavy atom. The van der Waals surface area contributed by atoms with Gasteiger partial charge in [0.2, 0.25) is 0 Å². The van der Waals surface area contributed by atoms with Crippen LogP contribution in [-0.4, -0.2) is 90.1 Å². The summed E-state index contributed by atoms with van der Waals surface area (Å²) in [6.45, 7) is 7.12. The molecular formula is C23H28N4O6. The molecule has 2 fully saturated rings. The summed E-state index contributed by atoms with van der Waals surface area (Å²) in [5, 5.41) is 3.92. The van der Waals surface area contributed by atoms with Crippen LogP contribution in [0.4, 0.5) is 0 Å². The molecule has 2 saturated heterocycles. The number of ether oxygens (including phenoxy) is 2. The van der Waals surface area contributed by atoms with E-state index in [-0.39, 0.29) is 5.91 Å². The first-order chi connectivity index (χ1) is 15.9. The third-order valence-electron chi connectivity index (χ3n) is 5.98. The first-order valence-corrected chi connectivity index (χ1v) is 11.0. The number of amides is 3. The molecule has 0 unspecified atom stereocenters. The SMILES string of the molecule is Cc1noc(C)c1COc1cccc(C(=O)N2CCN(C(=O)C(=O)N3CCOCC3)CC2)c1. The molecule has 3 amide bonds. The Balaban J connectivity index is 1.31. The Hall–Kier alpha value is -3.40. The van der Waals surface area contributed by atoms with E-state index in [0.717, 1.165) is 11.3 Å². The van der Waals surface area contributed by atoms with Gasteiger partial charge in [-0.25, -0.2) is 0 Å². The summed E-state index contributed by atoms with van der Waals surface area (Å²) in [6, 6.07) is 7.02. The lowest BCUT2D eigenvalue weighted by Crippen LogP contribution is -2.55. The molecule has 33 heavy (non-hydrogen) atoms. The molecule has 4 rings (SSSR count). The molecule has 2 aliphatic rings. The third kappa shape index (κ3) is 5.16. The summed E-state index contributed by atoms with van der Waals surface area (Å²) in [4.78, 5) is 42.7. The molecule has 0 N–H and O–H groups in total. The van der Waals surface area contributed by atoms with Gasteiger partial charge in [-0.2, -0.15) is 0 Å². The third-order valence-corrected chi connectivity index (χ3v) is 5.98. The molecule has 0 spiro atoms. The summed E-state index contributed by atoms with van der Waals surface area (Å²) in [6.07, 6.45) is 0. The van der Waals surface area contributed by atoms with Gasteiger partial charge < -0.3 is 28.7 Å². The van der Waals surface area contributed by atoms with Crippen LogP contribution in [0.1, 0.15) is 27.4 Å². The second-order valence-electron chi connectivity index (χ2n) is 8.11. The minimum atomic E-state index is -0.515. The van der Waals surface area contributed by atoms with Crippen molar-refractivity contribution < 1.29 is 28.4 Å². The van der Waals surface area contributed by atoms with Crippen molar-refractivity contribution in [3.63, 3.8) is 0 Å². The van der Waals surface area contributed by atoms with Gasteiger partial charge in [-0.3, -0.25) is 14.4 Å². The number of aryl methyl sites for hydroxylation is 2. The van der Waals surface area contributed by atoms with Gasteiger partial charge >= 0.3 is 11.8 Å². The molecule has 0 bridgehead atoms. The lowest BCUT2D eigenvalue weighted by Gasteiger charge is -2.36. The van der Waals surface area contributed by atoms with E-state index in [9.17, 15) is 14.4 Å². The summed E-state index contributed by atoms with van der Waals surface area (Å²) in [5.74, 6) is 0.134. The fourth-order valence-corrected chi connectivity index (χ4v) is 3.91. The van der Waals surface area contributed by atoms with Crippen molar-refractivity contribution in [1.29, 1.82) is 0 Å². The molecule has 0 saturated carbocycles. The number of hydrogen-bond acceptors (Lipinski definition) is 7. The lowest BCUT2D eigenvalue weighted by atomic mass is 10.1. The van der Waals surface area contributed by atoms with Gasteiger partial charge in [0.25, 0.3) is 5.91 Å². The van der Waals surface area contributed by atoms with Crippen LogP contribution < -0.4 is 4.74 Å². The van der Waals surface area contributed by atoms with Crippen molar-refractivity contribution in [2.45, 2.75) is 20.5 Å². The van der Waals surface area contributed by atoms with Crippen molar-refractivity contribution >= 4 is 17.7 Å². The first kappa shape index (κ1) is 22.8. The van der Waals surface area contributed by atoms with E-state index in [1.165, 1.54) is 9.80 Å². The molecule has 1 aromatic heterocycles. The predicted molar refractivity (Wildman–Crippen MR) is 117 cm³/mol. The van der Waals surface area contributed by atoms with Crippen LogP contribution in [0.15, 0.2) is 28.8 Å². The molecule has 176 valence electrons. The van der Waals surface area contributed by atoms with Crippen LogP contribution in [0, 0.1) is 13.8 Å². The molecule has 1 aromatic carbocycles. The molecular weight excluding hydrogens is 428 g/mol. The fourth-order valence-electron chi connectivity index (χ4n) is 3.91. The van der Waals surface area contributed by atoms with Gasteiger partial charge in [-0.1, -0.05) is 11.2 Å². The molecule has 10 heteroatoms. The van der Waals surface area contributed by atoms with E-state index in [2.05, 4.69) is 5.16 Å². The molecule has 10 nitrogen and oxygen atoms in total. The molecule has 3 heterocycles. The van der Waals surface area contributed by atoms with E-state index < -0.39 is 11.8 Å². The Labute approximate surface area is 192 Å². The molecule has 0 aliphatic carbocycles. The van der Waals surface area contributed by atoms with Gasteiger partial charge in [-0.05, 0) is 32.0 Å². The van der Waals surface area contributed by atoms with Crippen molar-refractivity contribution in [1.82, 2.24) is 19.9 Å². The van der Waals surface area contributed by atoms with E-state index >= 15 is 0 Å². The van der Waals surface area contributed by atoms with Gasteiger partial charge in [-0.15, -0.1) is 0 Å². The standard InChI is InChI=1S/C23H28N4O6/c1-16-20(17(2)33-24-16)15-32-19-5-3-4-18(14-19)21(28)25-6-8-26(9-7-25)22(29)23(30)27-10-12-31-13-11-27/h3-5,14H,6-13,15H2,1-2H3. The highest BCUT2D eigenvalue weighted by molar-refractivity contribution is 6.34. The Kier molecular flexibility index (Phi) is 6.93. The number of hydrogen-bond donors (Lipinski definition) is 0. The van der Waals surface area contributed by atoms with Gasteiger partial charge in [0.05, 0.1) is 24.5 Å². The highest BCUT2D eigenvalue weighted by Crippen LogP contribution is 2.20. The summed E-state index contributed by atoms with van der Waals surface area (Å²) < 4.78 is 16.2. The van der Waals surface area contributed by atoms with Crippen molar-refractivity contribution in [2.75, 3.05) is 52.5 Å². The van der Waals surface area contributed by atoms with Crippen molar-refractivity contribution in [3.8, 4) is 5.75 Å². The number of aromatic nitrogens is 1. The minimum absolute atomic E-state index is 0.135. The van der Waals surface area contributed by atoms with Crippen LogP contribution in [-0.2, 0) is 20.9 Å². The molecule has 2 aliphatic heterocycles. The zero-order valence-corrected chi connectivity index (χ0v) is 18.9. The molecule has 0 atom stereocenters. The lowest BCUT2D eigenvalue weighted by molar-refractivity contribution is -0.154. The number of piperazine rings is 1. The van der Waals surface area contributed by atoms with E-state index in [0.29, 0.717) is 76.2 Å². The number of nitrogens with zero attached hydrogens (tertiary/aromatic N) is 4. The average molecular weight is 456 g/mol. The quantitative estimate of drug-likeness (QED) is 0.633. The van der Waals surface area contributed by atoms with Crippen molar-refractivity contribution in [2.24, 2.45) is 0 Å². The second-order valence-corrected chi connectivity index (χ2v) is 8.11. The van der Waals surface area contributed by atoms with Gasteiger partial charge in [0, 0.05) is 44.8 Å². The highest BCUT2D eigenvalue weighted by Gasteiger charge is 2.31. The van der Waals surface area contributed by atoms with E-state index in [1.807, 2.05) is 13.8 Å². The zero-order valence-electron chi connectivity index (χ0n) is 18.9. The van der Waals surface area contributed by atoms with Gasteiger partial charge in [0.1, 0.15) is 18.1 Å². The van der Waals surface area contributed by atoms with Crippen LogP contribution in [0.25, 0.3) is 0 Å². The van der Waals surface area contributed by atoms with Crippen LogP contribution in [0.5, 0.6) is 5.75 Å². The maximum absolute atomic E-state index is 13.0. The number of carbonyl (C=O) groups excluding carboxylic acids is 3. The van der Waals surface area contributed by atoms with Crippen LogP contribution in [0.3, 0.4) is 0 Å². The Bertz CT molecular complexity index is 1000. The average Bonchev–Trinajstić information content (AvgIpc) is 3.19. The molecule has 0 radical (unpaired) electrons. The largest absolute Gasteiger partial charge is 0.489 e. The normalized spacial score (nSPS) is 16.6. The maximum atomic E-state index is 13.0. The Morgan fingerprint density at radius 2 is 1.58 bits per heavy atom. The number of benzene rings is 1. The number of morpholine rings is 1. The van der Waals surface area contributed by atoms with E-state index in [4.69, 9.17) is 14.0 Å². The summed E-state index contributed by atoms with van der Waals surface area (Å²) in [7, 11) is 0. The topological polar surface area (TPSA) is 105 Å². The Morgan fingerprint density at radius 3 is 2.21 bits per heavy atom. The zero-order chi connectivity index (χ0) is 23.4. The van der Waals surface area contributed by atoms with Crippen LogP contribution >= 0.6 is 0 Å². The summed E-state index contributed by atoms with van der Waals surface area (Å²) >= 11 is 0. The second kappa shape index (κ2) is 10.0. The first-order valence-electron chi connectivity index (χ1n) is 11.0. The highest BCUT2D eigenvalue weighted by atomic mass is 16.5. The fraction of sp³-hybridized carbons (Fsp3) is 0.478. The monoisotopic (exact) mass is 456 g/mol. The summed E-state index contributed by atoms with van der Waals surface area (Å²) in [5.41, 5.74) is 2.17. The molecule has 2 aromatic rings. The van der Waals surface area contributed by atoms with Gasteiger partial charge in [0.15, 0.2) is 0 Å². The predicted octanol–water partition coefficient (Wildman–Crippen LogP) is 1.01. The van der Waals surface area contributed by atoms with Crippen molar-refractivity contribution in [3.05, 3.63) is 46.8 Å². The number of rotatable bonds is 4. The maximum Gasteiger partial charge on any atom is 0.312 e.